The van der Waals surface area contributed by atoms with Crippen LogP contribution in [0.4, 0.5) is 4.79 Å². The van der Waals surface area contributed by atoms with Crippen molar-refractivity contribution in [1.29, 1.82) is 0 Å². The van der Waals surface area contributed by atoms with Crippen molar-refractivity contribution in [3.05, 3.63) is 5.01 Å². The van der Waals surface area contributed by atoms with Crippen molar-refractivity contribution in [1.82, 2.24) is 14.3 Å². The van der Waals surface area contributed by atoms with Crippen molar-refractivity contribution in [3.63, 3.8) is 0 Å². The molecule has 0 aliphatic rings. The molecule has 0 bridgehead atoms. The molecule has 6 heteroatoms. The van der Waals surface area contributed by atoms with Gasteiger partial charge in [-0.15, -0.1) is 0 Å². The fourth-order valence-corrected chi connectivity index (χ4v) is 1.71. The second-order valence-electron chi connectivity index (χ2n) is 2.36. The number of carbonyl (C=O) groups excluding carboxylic acids is 1. The third kappa shape index (κ3) is 2.46. The van der Waals surface area contributed by atoms with Crippen molar-refractivity contribution in [2.24, 2.45) is 0 Å². The van der Waals surface area contributed by atoms with Gasteiger partial charge in [-0.25, -0.2) is 4.98 Å². The summed E-state index contributed by atoms with van der Waals surface area (Å²) in [5.41, 5.74) is 0. The molecule has 1 aromatic heterocycles. The van der Waals surface area contributed by atoms with Crippen molar-refractivity contribution in [3.8, 4) is 0 Å². The maximum atomic E-state index is 11.1. The van der Waals surface area contributed by atoms with Crippen LogP contribution >= 0.6 is 23.3 Å². The van der Waals surface area contributed by atoms with Crippen LogP contribution in [0.5, 0.6) is 0 Å². The average Bonchev–Trinajstić information content (AvgIpc) is 2.35. The van der Waals surface area contributed by atoms with Crippen LogP contribution in [0.15, 0.2) is 5.16 Å². The molecule has 0 saturated carbocycles. The van der Waals surface area contributed by atoms with E-state index in [1.165, 1.54) is 16.4 Å². The lowest BCUT2D eigenvalue weighted by atomic mass is 10.8. The smallest absolute Gasteiger partial charge is 0.288 e. The summed E-state index contributed by atoms with van der Waals surface area (Å²) in [6.07, 6.45) is 0. The fraction of sp³-hybridized carbons (Fsp3) is 0.500. The summed E-state index contributed by atoms with van der Waals surface area (Å²) in [4.78, 5) is 16.7. The van der Waals surface area contributed by atoms with Gasteiger partial charge in [0.15, 0.2) is 0 Å². The van der Waals surface area contributed by atoms with Crippen molar-refractivity contribution >= 4 is 28.5 Å². The lowest BCUT2D eigenvalue weighted by Crippen LogP contribution is -2.16. The van der Waals surface area contributed by atoms with Gasteiger partial charge >= 0.3 is 0 Å². The molecule has 0 N–H and O–H groups in total. The third-order valence-corrected chi connectivity index (χ3v) is 2.69. The molecule has 1 aromatic rings. The Hall–Kier alpha value is -0.620. The molecule has 0 aliphatic heterocycles. The van der Waals surface area contributed by atoms with E-state index in [-0.39, 0.29) is 5.24 Å². The zero-order valence-electron chi connectivity index (χ0n) is 7.07. The first kappa shape index (κ1) is 9.47. The van der Waals surface area contributed by atoms with E-state index in [4.69, 9.17) is 0 Å². The minimum atomic E-state index is -0.0483. The predicted molar refractivity (Wildman–Crippen MR) is 49.6 cm³/mol. The molecule has 0 aromatic carbocycles. The first-order valence-electron chi connectivity index (χ1n) is 3.29. The largest absolute Gasteiger partial charge is 0.339 e. The summed E-state index contributed by atoms with van der Waals surface area (Å²) in [6.45, 7) is 1.86. The molecule has 4 nitrogen and oxygen atoms in total. The van der Waals surface area contributed by atoms with Gasteiger partial charge in [0, 0.05) is 25.9 Å². The average molecular weight is 203 g/mol. The van der Waals surface area contributed by atoms with E-state index in [9.17, 15) is 4.79 Å². The molecule has 0 aliphatic carbocycles. The standard InChI is InChI=1S/C6H9N3OS2/c1-4-7-5(8-12-4)11-6(10)9(2)3/h1-3H3. The summed E-state index contributed by atoms with van der Waals surface area (Å²) >= 11 is 2.35. The Kier molecular flexibility index (Phi) is 3.05. The quantitative estimate of drug-likeness (QED) is 0.651. The van der Waals surface area contributed by atoms with Crippen LogP contribution in [0.2, 0.25) is 0 Å². The van der Waals surface area contributed by atoms with E-state index in [0.29, 0.717) is 5.16 Å². The highest BCUT2D eigenvalue weighted by atomic mass is 32.2. The molecule has 0 radical (unpaired) electrons. The molecule has 1 rings (SSSR count). The summed E-state index contributed by atoms with van der Waals surface area (Å²) in [6, 6.07) is 0. The zero-order chi connectivity index (χ0) is 9.14. The maximum Gasteiger partial charge on any atom is 0.288 e. The topological polar surface area (TPSA) is 46.1 Å². The first-order valence-corrected chi connectivity index (χ1v) is 4.88. The van der Waals surface area contributed by atoms with Gasteiger partial charge in [-0.05, 0) is 18.5 Å². The SMILES string of the molecule is Cc1nc(SC(=O)N(C)C)ns1. The molecule has 0 spiro atoms. The van der Waals surface area contributed by atoms with Crippen molar-refractivity contribution in [2.75, 3.05) is 14.1 Å². The minimum Gasteiger partial charge on any atom is -0.339 e. The van der Waals surface area contributed by atoms with Gasteiger partial charge in [-0.1, -0.05) is 0 Å². The number of amides is 1. The number of hydrogen-bond acceptors (Lipinski definition) is 5. The highest BCUT2D eigenvalue weighted by molar-refractivity contribution is 8.13. The number of aryl methyl sites for hydroxylation is 1. The summed E-state index contributed by atoms with van der Waals surface area (Å²) in [5.74, 6) is 0. The Labute approximate surface area is 79.2 Å². The monoisotopic (exact) mass is 203 g/mol. The van der Waals surface area contributed by atoms with Crippen LogP contribution < -0.4 is 0 Å². The van der Waals surface area contributed by atoms with Gasteiger partial charge in [0.1, 0.15) is 5.01 Å². The molecule has 0 saturated heterocycles. The van der Waals surface area contributed by atoms with Crippen molar-refractivity contribution in [2.45, 2.75) is 12.1 Å². The highest BCUT2D eigenvalue weighted by Crippen LogP contribution is 2.18. The third-order valence-electron chi connectivity index (χ3n) is 1.05. The van der Waals surface area contributed by atoms with Crippen LogP contribution in [0, 0.1) is 6.92 Å². The first-order chi connectivity index (χ1) is 5.59. The molecule has 1 amide bonds. The predicted octanol–water partition coefficient (Wildman–Crippen LogP) is 1.62. The Bertz CT molecular complexity index is 284. The zero-order valence-corrected chi connectivity index (χ0v) is 8.70. The van der Waals surface area contributed by atoms with E-state index in [0.717, 1.165) is 16.8 Å². The van der Waals surface area contributed by atoms with Crippen LogP contribution in [0.25, 0.3) is 0 Å². The summed E-state index contributed by atoms with van der Waals surface area (Å²) < 4.78 is 3.98. The number of aromatic nitrogens is 2. The minimum absolute atomic E-state index is 0.0483. The van der Waals surface area contributed by atoms with E-state index in [1.54, 1.807) is 14.1 Å². The second-order valence-corrected chi connectivity index (χ2v) is 4.23. The number of hydrogen-bond donors (Lipinski definition) is 0. The van der Waals surface area contributed by atoms with Gasteiger partial charge in [0.25, 0.3) is 5.24 Å². The van der Waals surface area contributed by atoms with E-state index < -0.39 is 0 Å². The Morgan fingerprint density at radius 1 is 1.58 bits per heavy atom. The second kappa shape index (κ2) is 3.86. The molecule has 12 heavy (non-hydrogen) atoms. The molecular weight excluding hydrogens is 194 g/mol. The Morgan fingerprint density at radius 3 is 2.67 bits per heavy atom. The summed E-state index contributed by atoms with van der Waals surface area (Å²) in [7, 11) is 3.41. The van der Waals surface area contributed by atoms with Gasteiger partial charge < -0.3 is 4.90 Å². The van der Waals surface area contributed by atoms with E-state index >= 15 is 0 Å². The Balaban J connectivity index is 2.58. The normalized spacial score (nSPS) is 9.92. The van der Waals surface area contributed by atoms with E-state index in [1.807, 2.05) is 6.92 Å². The Morgan fingerprint density at radius 2 is 2.25 bits per heavy atom. The fourth-order valence-electron chi connectivity index (χ4n) is 0.491. The number of carbonyl (C=O) groups is 1. The molecule has 0 fully saturated rings. The summed E-state index contributed by atoms with van der Waals surface area (Å²) in [5, 5.41) is 1.37. The molecule has 66 valence electrons. The lowest BCUT2D eigenvalue weighted by molar-refractivity contribution is 0.241. The van der Waals surface area contributed by atoms with Crippen LogP contribution in [0.1, 0.15) is 5.01 Å². The van der Waals surface area contributed by atoms with Crippen LogP contribution in [0.3, 0.4) is 0 Å². The molecule has 0 unspecified atom stereocenters. The molecule has 1 heterocycles. The van der Waals surface area contributed by atoms with Gasteiger partial charge in [0.05, 0.1) is 0 Å². The lowest BCUT2D eigenvalue weighted by Gasteiger charge is -2.05. The molecular formula is C6H9N3OS2. The van der Waals surface area contributed by atoms with Gasteiger partial charge in [-0.3, -0.25) is 4.79 Å². The van der Waals surface area contributed by atoms with Crippen molar-refractivity contribution < 1.29 is 4.79 Å². The highest BCUT2D eigenvalue weighted by Gasteiger charge is 2.09. The van der Waals surface area contributed by atoms with E-state index in [2.05, 4.69) is 9.36 Å². The molecule has 0 atom stereocenters. The number of rotatable bonds is 1. The van der Waals surface area contributed by atoms with Gasteiger partial charge in [-0.2, -0.15) is 4.37 Å². The number of thioether (sulfide) groups is 1. The number of nitrogens with zero attached hydrogens (tertiary/aromatic N) is 3. The maximum absolute atomic E-state index is 11.1. The van der Waals surface area contributed by atoms with Gasteiger partial charge in [0.2, 0.25) is 5.16 Å². The van der Waals surface area contributed by atoms with Crippen LogP contribution in [-0.2, 0) is 0 Å². The van der Waals surface area contributed by atoms with Crippen LogP contribution in [-0.4, -0.2) is 33.6 Å².